The van der Waals surface area contributed by atoms with Crippen LogP contribution in [0.3, 0.4) is 0 Å². The van der Waals surface area contributed by atoms with E-state index in [0.29, 0.717) is 44.9 Å². The highest BCUT2D eigenvalue weighted by molar-refractivity contribution is 6.31. The molecular formula is C30H31Cl2N7O6. The number of carbonyl (C=O) groups excluding carboxylic acids is 3. The summed E-state index contributed by atoms with van der Waals surface area (Å²) < 4.78 is 0. The lowest BCUT2D eigenvalue weighted by atomic mass is 9.99. The van der Waals surface area contributed by atoms with Crippen LogP contribution in [0.25, 0.3) is 0 Å². The van der Waals surface area contributed by atoms with Crippen molar-refractivity contribution in [3.05, 3.63) is 98.5 Å². The number of hydrogen-bond donors (Lipinski definition) is 3. The normalized spacial score (nSPS) is 15.8. The molecule has 1 saturated heterocycles. The van der Waals surface area contributed by atoms with E-state index in [1.165, 1.54) is 40.3 Å². The molecule has 13 nitrogen and oxygen atoms in total. The van der Waals surface area contributed by atoms with Crippen LogP contribution in [0.5, 0.6) is 0 Å². The molecule has 1 aliphatic rings. The SMILES string of the molecule is CC1(C)C(N(O)C(=O)Nc2cccc(Cl)c2)N(c2cccc(Cl)c2)C(=O)N1CCCCC(=O)N/N=C/c1cccc([N+](=O)[O-])c1. The molecule has 4 rings (SSSR count). The number of benzene rings is 3. The van der Waals surface area contributed by atoms with E-state index in [-0.39, 0.29) is 24.6 Å². The molecule has 3 aromatic rings. The molecule has 3 N–H and O–H groups in total. The molecule has 1 atom stereocenters. The molecule has 0 aromatic heterocycles. The summed E-state index contributed by atoms with van der Waals surface area (Å²) in [6, 6.07) is 17.4. The molecule has 0 radical (unpaired) electrons. The third kappa shape index (κ3) is 8.06. The number of rotatable bonds is 11. The summed E-state index contributed by atoms with van der Waals surface area (Å²) in [7, 11) is 0. The molecule has 5 amide bonds. The van der Waals surface area contributed by atoms with E-state index in [2.05, 4.69) is 15.8 Å². The minimum absolute atomic E-state index is 0.0908. The van der Waals surface area contributed by atoms with Crippen molar-refractivity contribution in [2.75, 3.05) is 16.8 Å². The predicted octanol–water partition coefficient (Wildman–Crippen LogP) is 6.49. The van der Waals surface area contributed by atoms with E-state index >= 15 is 0 Å². The van der Waals surface area contributed by atoms with Crippen molar-refractivity contribution in [2.45, 2.75) is 44.8 Å². The van der Waals surface area contributed by atoms with E-state index < -0.39 is 28.7 Å². The van der Waals surface area contributed by atoms with Crippen molar-refractivity contribution in [3.63, 3.8) is 0 Å². The maximum atomic E-state index is 13.8. The molecular weight excluding hydrogens is 625 g/mol. The number of carbonyl (C=O) groups is 3. The zero-order valence-electron chi connectivity index (χ0n) is 24.4. The molecule has 1 heterocycles. The monoisotopic (exact) mass is 655 g/mol. The molecule has 0 saturated carbocycles. The van der Waals surface area contributed by atoms with Gasteiger partial charge in [-0.3, -0.25) is 25.0 Å². The first-order valence-corrected chi connectivity index (χ1v) is 14.6. The summed E-state index contributed by atoms with van der Waals surface area (Å²) >= 11 is 12.2. The number of anilines is 2. The fourth-order valence-electron chi connectivity index (χ4n) is 4.97. The van der Waals surface area contributed by atoms with Crippen LogP contribution in [0, 0.1) is 10.1 Å². The largest absolute Gasteiger partial charge is 0.347 e. The van der Waals surface area contributed by atoms with Crippen LogP contribution in [-0.4, -0.2) is 62.5 Å². The topological polar surface area (TPSA) is 161 Å². The second kappa shape index (κ2) is 14.4. The quantitative estimate of drug-likeness (QED) is 0.0703. The Kier molecular flexibility index (Phi) is 10.6. The van der Waals surface area contributed by atoms with E-state index in [1.807, 2.05) is 0 Å². The number of urea groups is 2. The number of non-ortho nitro benzene ring substituents is 1. The van der Waals surface area contributed by atoms with Gasteiger partial charge in [-0.25, -0.2) is 15.0 Å². The molecule has 3 aromatic carbocycles. The van der Waals surface area contributed by atoms with Crippen molar-refractivity contribution in [2.24, 2.45) is 5.10 Å². The number of nitro benzene ring substituents is 1. The Bertz CT molecular complexity index is 1620. The van der Waals surface area contributed by atoms with Gasteiger partial charge in [0.2, 0.25) is 5.91 Å². The molecule has 15 heteroatoms. The van der Waals surface area contributed by atoms with Crippen LogP contribution in [0.2, 0.25) is 10.0 Å². The van der Waals surface area contributed by atoms with E-state index in [0.717, 1.165) is 0 Å². The summed E-state index contributed by atoms with van der Waals surface area (Å²) in [5.74, 6) is -0.374. The predicted molar refractivity (Wildman–Crippen MR) is 171 cm³/mol. The first-order valence-electron chi connectivity index (χ1n) is 13.9. The van der Waals surface area contributed by atoms with Crippen LogP contribution in [-0.2, 0) is 4.79 Å². The van der Waals surface area contributed by atoms with Crippen molar-refractivity contribution in [1.82, 2.24) is 15.4 Å². The molecule has 1 unspecified atom stereocenters. The van der Waals surface area contributed by atoms with Crippen molar-refractivity contribution >= 4 is 64.4 Å². The molecule has 1 fully saturated rings. The number of hydroxylamine groups is 2. The van der Waals surface area contributed by atoms with Gasteiger partial charge in [0.15, 0.2) is 6.17 Å². The molecule has 236 valence electrons. The summed E-state index contributed by atoms with van der Waals surface area (Å²) in [5, 5.41) is 29.8. The zero-order chi connectivity index (χ0) is 32.7. The van der Waals surface area contributed by atoms with Crippen LogP contribution >= 0.6 is 23.2 Å². The van der Waals surface area contributed by atoms with Crippen molar-refractivity contribution in [1.29, 1.82) is 0 Å². The summed E-state index contributed by atoms with van der Waals surface area (Å²) in [4.78, 5) is 52.6. The van der Waals surface area contributed by atoms with Crippen LogP contribution < -0.4 is 15.6 Å². The first-order chi connectivity index (χ1) is 21.4. The average Bonchev–Trinajstić information content (AvgIpc) is 3.19. The molecule has 0 aliphatic carbocycles. The number of nitrogens with one attached hydrogen (secondary N) is 2. The summed E-state index contributed by atoms with van der Waals surface area (Å²) in [6.07, 6.45) is 1.08. The lowest BCUT2D eigenvalue weighted by Gasteiger charge is -2.38. The lowest BCUT2D eigenvalue weighted by Crippen LogP contribution is -2.58. The molecule has 0 spiro atoms. The van der Waals surface area contributed by atoms with Gasteiger partial charge in [-0.05, 0) is 63.1 Å². The van der Waals surface area contributed by atoms with Gasteiger partial charge >= 0.3 is 12.1 Å². The number of hydrogen-bond acceptors (Lipinski definition) is 7. The van der Waals surface area contributed by atoms with Gasteiger partial charge < -0.3 is 10.2 Å². The fraction of sp³-hybridized carbons (Fsp3) is 0.267. The molecule has 0 bridgehead atoms. The van der Waals surface area contributed by atoms with Crippen molar-refractivity contribution < 1.29 is 24.5 Å². The van der Waals surface area contributed by atoms with E-state index in [9.17, 15) is 29.7 Å². The number of amides is 5. The Morgan fingerprint density at radius 1 is 1.07 bits per heavy atom. The standard InChI is InChI=1S/C30H31Cl2N7O6/c1-30(2)27(38(43)28(41)34-23-11-6-9-21(31)17-23)37(24-12-7-10-22(32)18-24)29(42)36(30)15-4-3-14-26(40)35-33-19-20-8-5-13-25(16-20)39(44)45/h5-13,16-19,27,43H,3-4,14-15H2,1-2H3,(H,34,41)(H,35,40)/b33-19+. The summed E-state index contributed by atoms with van der Waals surface area (Å²) in [6.45, 7) is 3.67. The lowest BCUT2D eigenvalue weighted by molar-refractivity contribution is -0.384. The number of nitro groups is 1. The number of halogens is 2. The average molecular weight is 657 g/mol. The Morgan fingerprint density at radius 3 is 2.44 bits per heavy atom. The molecule has 1 aliphatic heterocycles. The Morgan fingerprint density at radius 2 is 1.76 bits per heavy atom. The minimum Gasteiger partial charge on any atom is -0.315 e. The van der Waals surface area contributed by atoms with Gasteiger partial charge in [-0.1, -0.05) is 47.5 Å². The third-order valence-corrected chi connectivity index (χ3v) is 7.60. The second-order valence-electron chi connectivity index (χ2n) is 10.7. The third-order valence-electron chi connectivity index (χ3n) is 7.13. The Labute approximate surface area is 269 Å². The highest BCUT2D eigenvalue weighted by Gasteiger charge is 2.55. The number of unbranched alkanes of at least 4 members (excludes halogenated alkanes) is 1. The maximum absolute atomic E-state index is 13.8. The Hall–Kier alpha value is -4.72. The van der Waals surface area contributed by atoms with Crippen LogP contribution in [0.1, 0.15) is 38.7 Å². The van der Waals surface area contributed by atoms with Gasteiger partial charge in [0.1, 0.15) is 0 Å². The van der Waals surface area contributed by atoms with Gasteiger partial charge in [0.25, 0.3) is 5.69 Å². The number of hydrazone groups is 1. The van der Waals surface area contributed by atoms with Crippen molar-refractivity contribution in [3.8, 4) is 0 Å². The second-order valence-corrected chi connectivity index (χ2v) is 11.6. The first kappa shape index (κ1) is 33.2. The summed E-state index contributed by atoms with van der Waals surface area (Å²) in [5.41, 5.74) is 2.40. The minimum atomic E-state index is -1.16. The Balaban J connectivity index is 1.42. The van der Waals surface area contributed by atoms with Gasteiger partial charge in [-0.2, -0.15) is 10.2 Å². The smallest absolute Gasteiger partial charge is 0.315 e. The maximum Gasteiger partial charge on any atom is 0.347 e. The van der Waals surface area contributed by atoms with Crippen LogP contribution in [0.4, 0.5) is 26.7 Å². The van der Waals surface area contributed by atoms with E-state index in [4.69, 9.17) is 23.2 Å². The van der Waals surface area contributed by atoms with Gasteiger partial charge in [0.05, 0.1) is 16.7 Å². The van der Waals surface area contributed by atoms with E-state index in [1.54, 1.807) is 62.4 Å². The zero-order valence-corrected chi connectivity index (χ0v) is 25.9. The van der Waals surface area contributed by atoms with Crippen LogP contribution in [0.15, 0.2) is 77.9 Å². The fourth-order valence-corrected chi connectivity index (χ4v) is 5.35. The highest BCUT2D eigenvalue weighted by atomic mass is 35.5. The highest BCUT2D eigenvalue weighted by Crippen LogP contribution is 2.39. The van der Waals surface area contributed by atoms with Gasteiger partial charge in [0, 0.05) is 52.1 Å². The van der Waals surface area contributed by atoms with Gasteiger partial charge in [-0.15, -0.1) is 0 Å². The number of nitrogens with zero attached hydrogens (tertiary/aromatic N) is 5. The molecule has 45 heavy (non-hydrogen) atoms.